The molecule has 0 unspecified atom stereocenters. The SMILES string of the molecule is N#Cc1csc(CNc2c(Cl)cc(F)cc2Br)c1. The molecule has 92 valence electrons. The molecule has 1 heterocycles. The fourth-order valence-electron chi connectivity index (χ4n) is 1.42. The highest BCUT2D eigenvalue weighted by atomic mass is 79.9. The standard InChI is InChI=1S/C12H7BrClFN2S/c13-10-2-8(15)3-11(14)12(10)17-5-9-1-7(4-16)6-18-9/h1-3,6,17H,5H2. The van der Waals surface area contributed by atoms with Crippen LogP contribution in [0.25, 0.3) is 0 Å². The van der Waals surface area contributed by atoms with E-state index in [2.05, 4.69) is 27.3 Å². The molecule has 0 bridgehead atoms. The summed E-state index contributed by atoms with van der Waals surface area (Å²) in [5.41, 5.74) is 1.28. The lowest BCUT2D eigenvalue weighted by molar-refractivity contribution is 0.627. The normalized spacial score (nSPS) is 10.1. The van der Waals surface area contributed by atoms with Crippen molar-refractivity contribution in [3.63, 3.8) is 0 Å². The summed E-state index contributed by atoms with van der Waals surface area (Å²) < 4.78 is 13.6. The Hall–Kier alpha value is -1.09. The quantitative estimate of drug-likeness (QED) is 0.868. The van der Waals surface area contributed by atoms with Crippen LogP contribution in [0.3, 0.4) is 0 Å². The average molecular weight is 346 g/mol. The lowest BCUT2D eigenvalue weighted by Gasteiger charge is -2.09. The maximum Gasteiger partial charge on any atom is 0.125 e. The van der Waals surface area contributed by atoms with Crippen LogP contribution in [0.4, 0.5) is 10.1 Å². The number of anilines is 1. The molecule has 0 saturated carbocycles. The number of hydrogen-bond donors (Lipinski definition) is 1. The third-order valence-corrected chi connectivity index (χ3v) is 4.09. The molecule has 0 amide bonds. The highest BCUT2D eigenvalue weighted by Crippen LogP contribution is 2.32. The molecule has 0 aliphatic heterocycles. The van der Waals surface area contributed by atoms with Crippen molar-refractivity contribution in [3.8, 4) is 6.07 Å². The van der Waals surface area contributed by atoms with Crippen molar-refractivity contribution in [2.24, 2.45) is 0 Å². The maximum absolute atomic E-state index is 13.0. The van der Waals surface area contributed by atoms with E-state index >= 15 is 0 Å². The van der Waals surface area contributed by atoms with Crippen molar-refractivity contribution in [1.82, 2.24) is 0 Å². The van der Waals surface area contributed by atoms with Crippen molar-refractivity contribution >= 4 is 44.6 Å². The van der Waals surface area contributed by atoms with Gasteiger partial charge in [0.2, 0.25) is 0 Å². The van der Waals surface area contributed by atoms with Crippen molar-refractivity contribution in [2.75, 3.05) is 5.32 Å². The molecule has 1 aromatic heterocycles. The van der Waals surface area contributed by atoms with Gasteiger partial charge in [-0.3, -0.25) is 0 Å². The van der Waals surface area contributed by atoms with Gasteiger partial charge < -0.3 is 5.32 Å². The number of halogens is 3. The first kappa shape index (κ1) is 13.3. The van der Waals surface area contributed by atoms with Gasteiger partial charge in [0.15, 0.2) is 0 Å². The number of nitrogens with zero attached hydrogens (tertiary/aromatic N) is 1. The van der Waals surface area contributed by atoms with Crippen molar-refractivity contribution in [1.29, 1.82) is 5.26 Å². The Morgan fingerprint density at radius 3 is 2.83 bits per heavy atom. The number of thiophene rings is 1. The largest absolute Gasteiger partial charge is 0.378 e. The molecule has 0 saturated heterocycles. The lowest BCUT2D eigenvalue weighted by atomic mass is 10.3. The van der Waals surface area contributed by atoms with E-state index in [1.807, 2.05) is 6.07 Å². The van der Waals surface area contributed by atoms with Gasteiger partial charge in [-0.25, -0.2) is 4.39 Å². The van der Waals surface area contributed by atoms with Crippen LogP contribution in [0.1, 0.15) is 10.4 Å². The Bertz CT molecular complexity index is 598. The van der Waals surface area contributed by atoms with Gasteiger partial charge in [-0.05, 0) is 34.1 Å². The molecule has 2 nitrogen and oxygen atoms in total. The highest BCUT2D eigenvalue weighted by Gasteiger charge is 2.08. The summed E-state index contributed by atoms with van der Waals surface area (Å²) in [6, 6.07) is 6.49. The molecule has 18 heavy (non-hydrogen) atoms. The van der Waals surface area contributed by atoms with Gasteiger partial charge in [-0.1, -0.05) is 11.6 Å². The number of nitriles is 1. The van der Waals surface area contributed by atoms with E-state index < -0.39 is 0 Å². The molecule has 0 aliphatic carbocycles. The summed E-state index contributed by atoms with van der Waals surface area (Å²) in [7, 11) is 0. The second-order valence-electron chi connectivity index (χ2n) is 3.51. The van der Waals surface area contributed by atoms with Crippen LogP contribution in [-0.2, 0) is 6.54 Å². The Morgan fingerprint density at radius 2 is 2.22 bits per heavy atom. The second kappa shape index (κ2) is 5.70. The molecule has 6 heteroatoms. The van der Waals surface area contributed by atoms with Crippen LogP contribution >= 0.6 is 38.9 Å². The van der Waals surface area contributed by atoms with Crippen molar-refractivity contribution < 1.29 is 4.39 Å². The fourth-order valence-corrected chi connectivity index (χ4v) is 3.13. The summed E-state index contributed by atoms with van der Waals surface area (Å²) in [6.45, 7) is 0.538. The summed E-state index contributed by atoms with van der Waals surface area (Å²) in [4.78, 5) is 1.01. The van der Waals surface area contributed by atoms with Crippen LogP contribution in [0.2, 0.25) is 5.02 Å². The second-order valence-corrected chi connectivity index (χ2v) is 5.77. The van der Waals surface area contributed by atoms with E-state index in [9.17, 15) is 4.39 Å². The number of nitrogens with one attached hydrogen (secondary N) is 1. The summed E-state index contributed by atoms with van der Waals surface area (Å²) in [5.74, 6) is -0.389. The zero-order valence-electron chi connectivity index (χ0n) is 9.01. The lowest BCUT2D eigenvalue weighted by Crippen LogP contribution is -1.99. The van der Waals surface area contributed by atoms with Gasteiger partial charge in [0.25, 0.3) is 0 Å². The van der Waals surface area contributed by atoms with Crippen LogP contribution in [0, 0.1) is 17.1 Å². The van der Waals surface area contributed by atoms with E-state index in [1.54, 1.807) is 5.38 Å². The monoisotopic (exact) mass is 344 g/mol. The topological polar surface area (TPSA) is 35.8 Å². The van der Waals surface area contributed by atoms with E-state index in [-0.39, 0.29) is 5.82 Å². The molecule has 0 spiro atoms. The molecular formula is C12H7BrClFN2S. The first-order valence-electron chi connectivity index (χ1n) is 4.96. The first-order chi connectivity index (χ1) is 8.60. The molecule has 0 aliphatic rings. The molecule has 0 radical (unpaired) electrons. The van der Waals surface area contributed by atoms with Gasteiger partial charge in [-0.15, -0.1) is 11.3 Å². The Kier molecular flexibility index (Phi) is 4.23. The van der Waals surface area contributed by atoms with E-state index in [4.69, 9.17) is 16.9 Å². The minimum atomic E-state index is -0.389. The van der Waals surface area contributed by atoms with Gasteiger partial charge in [0.05, 0.1) is 16.3 Å². The molecule has 1 aromatic carbocycles. The van der Waals surface area contributed by atoms with Gasteiger partial charge in [0, 0.05) is 21.3 Å². The van der Waals surface area contributed by atoms with Crippen molar-refractivity contribution in [3.05, 3.63) is 49.3 Å². The number of rotatable bonds is 3. The molecule has 0 atom stereocenters. The van der Waals surface area contributed by atoms with E-state index in [1.165, 1.54) is 23.5 Å². The Morgan fingerprint density at radius 1 is 1.44 bits per heavy atom. The summed E-state index contributed by atoms with van der Waals surface area (Å²) >= 11 is 10.7. The van der Waals surface area contributed by atoms with Crippen LogP contribution in [0.15, 0.2) is 28.1 Å². The predicted molar refractivity (Wildman–Crippen MR) is 75.5 cm³/mol. The van der Waals surface area contributed by atoms with Crippen LogP contribution < -0.4 is 5.32 Å². The van der Waals surface area contributed by atoms with Crippen LogP contribution in [-0.4, -0.2) is 0 Å². The smallest absolute Gasteiger partial charge is 0.125 e. The van der Waals surface area contributed by atoms with Crippen molar-refractivity contribution in [2.45, 2.75) is 6.54 Å². The number of hydrogen-bond acceptors (Lipinski definition) is 3. The van der Waals surface area contributed by atoms with E-state index in [0.717, 1.165) is 4.88 Å². The zero-order valence-corrected chi connectivity index (χ0v) is 12.2. The molecule has 0 fully saturated rings. The minimum Gasteiger partial charge on any atom is -0.378 e. The highest BCUT2D eigenvalue weighted by molar-refractivity contribution is 9.10. The molecular weight excluding hydrogens is 339 g/mol. The molecule has 2 aromatic rings. The zero-order chi connectivity index (χ0) is 13.1. The molecule has 1 N–H and O–H groups in total. The predicted octanol–water partition coefficient (Wildman–Crippen LogP) is 4.79. The average Bonchev–Trinajstić information content (AvgIpc) is 2.75. The third-order valence-electron chi connectivity index (χ3n) is 2.23. The fraction of sp³-hybridized carbons (Fsp3) is 0.0833. The molecule has 2 rings (SSSR count). The first-order valence-corrected chi connectivity index (χ1v) is 7.01. The third kappa shape index (κ3) is 3.02. The summed E-state index contributed by atoms with van der Waals surface area (Å²) in [5, 5.41) is 13.9. The Balaban J connectivity index is 2.13. The van der Waals surface area contributed by atoms with Gasteiger partial charge >= 0.3 is 0 Å². The maximum atomic E-state index is 13.0. The number of benzene rings is 1. The minimum absolute atomic E-state index is 0.318. The summed E-state index contributed by atoms with van der Waals surface area (Å²) in [6.07, 6.45) is 0. The van der Waals surface area contributed by atoms with E-state index in [0.29, 0.717) is 27.3 Å². The Labute approximate surface area is 121 Å². The van der Waals surface area contributed by atoms with Gasteiger partial charge in [0.1, 0.15) is 11.9 Å². The van der Waals surface area contributed by atoms with Crippen LogP contribution in [0.5, 0.6) is 0 Å². The van der Waals surface area contributed by atoms with Gasteiger partial charge in [-0.2, -0.15) is 5.26 Å².